The first-order chi connectivity index (χ1) is 9.41. The summed E-state index contributed by atoms with van der Waals surface area (Å²) in [6, 6.07) is 9.02. The highest BCUT2D eigenvalue weighted by Crippen LogP contribution is 2.21. The maximum absolute atomic E-state index is 5.87. The minimum atomic E-state index is -0.0779. The van der Waals surface area contributed by atoms with Gasteiger partial charge in [0, 0.05) is 31.4 Å². The molecule has 1 aromatic carbocycles. The van der Waals surface area contributed by atoms with Crippen LogP contribution in [0.5, 0.6) is 0 Å². The molecule has 1 aromatic heterocycles. The van der Waals surface area contributed by atoms with Gasteiger partial charge in [0.1, 0.15) is 0 Å². The Morgan fingerprint density at radius 1 is 1.30 bits per heavy atom. The minimum Gasteiger partial charge on any atom is -0.379 e. The third-order valence-electron chi connectivity index (χ3n) is 3.90. The number of benzene rings is 1. The Hall–Kier alpha value is -1.32. The van der Waals surface area contributed by atoms with Crippen molar-refractivity contribution in [3.63, 3.8) is 0 Å². The van der Waals surface area contributed by atoms with Crippen molar-refractivity contribution in [2.75, 3.05) is 7.11 Å². The number of aryl methyl sites for hydroxylation is 1. The molecule has 2 N–H and O–H groups in total. The fraction of sp³-hybridized carbons (Fsp3) is 0.529. The number of fused-ring (bicyclic) bond motifs is 1. The van der Waals surface area contributed by atoms with E-state index in [1.807, 2.05) is 6.92 Å². The molecule has 1 unspecified atom stereocenters. The summed E-state index contributed by atoms with van der Waals surface area (Å²) in [6.45, 7) is 7.26. The Morgan fingerprint density at radius 3 is 2.70 bits per heavy atom. The molecule has 0 aliphatic heterocycles. The van der Waals surface area contributed by atoms with E-state index in [-0.39, 0.29) is 11.6 Å². The average Bonchev–Trinajstić information content (AvgIpc) is 2.78. The Balaban J connectivity index is 2.16. The average molecular weight is 274 g/mol. The van der Waals surface area contributed by atoms with Gasteiger partial charge in [0.15, 0.2) is 0 Å². The van der Waals surface area contributed by atoms with Crippen LogP contribution in [-0.4, -0.2) is 23.3 Å². The highest BCUT2D eigenvalue weighted by Gasteiger charge is 2.16. The quantitative estimate of drug-likeness (QED) is 0.877. The monoisotopic (exact) mass is 274 g/mol. The van der Waals surface area contributed by atoms with Crippen molar-refractivity contribution < 1.29 is 4.74 Å². The van der Waals surface area contributed by atoms with Crippen molar-refractivity contribution in [2.24, 2.45) is 5.73 Å². The van der Waals surface area contributed by atoms with E-state index >= 15 is 0 Å². The zero-order chi connectivity index (χ0) is 14.8. The lowest BCUT2D eigenvalue weighted by Crippen LogP contribution is -2.24. The molecule has 0 amide bonds. The van der Waals surface area contributed by atoms with E-state index in [1.165, 1.54) is 16.5 Å². The molecular weight excluding hydrogens is 248 g/mol. The smallest absolute Gasteiger partial charge is 0.0639 e. The molecule has 0 saturated carbocycles. The molecule has 0 aliphatic rings. The molecule has 3 nitrogen and oxygen atoms in total. The first-order valence-corrected chi connectivity index (χ1v) is 7.30. The van der Waals surface area contributed by atoms with Crippen LogP contribution in [0.3, 0.4) is 0 Å². The van der Waals surface area contributed by atoms with Gasteiger partial charge in [0.05, 0.1) is 5.60 Å². The number of hydrogen-bond donors (Lipinski definition) is 1. The Labute approximate surface area is 121 Å². The summed E-state index contributed by atoms with van der Waals surface area (Å²) < 4.78 is 7.78. The molecule has 0 bridgehead atoms. The number of methoxy groups -OCH3 is 1. The van der Waals surface area contributed by atoms with Crippen LogP contribution in [0.2, 0.25) is 0 Å². The predicted octanol–water partition coefficient (Wildman–Crippen LogP) is 3.35. The number of nitrogens with two attached hydrogens (primary N) is 1. The third kappa shape index (κ3) is 3.62. The van der Waals surface area contributed by atoms with Gasteiger partial charge in [-0.05, 0) is 62.8 Å². The molecule has 110 valence electrons. The van der Waals surface area contributed by atoms with Crippen LogP contribution >= 0.6 is 0 Å². The third-order valence-corrected chi connectivity index (χ3v) is 3.90. The summed E-state index contributed by atoms with van der Waals surface area (Å²) in [7, 11) is 1.77. The number of ether oxygens (including phenoxy) is 1. The first kappa shape index (κ1) is 15.1. The fourth-order valence-electron chi connectivity index (χ4n) is 2.44. The molecule has 2 rings (SSSR count). The van der Waals surface area contributed by atoms with Crippen molar-refractivity contribution in [2.45, 2.75) is 51.8 Å². The first-order valence-electron chi connectivity index (χ1n) is 7.30. The summed E-state index contributed by atoms with van der Waals surface area (Å²) >= 11 is 0. The Morgan fingerprint density at radius 2 is 2.05 bits per heavy atom. The summed E-state index contributed by atoms with van der Waals surface area (Å²) in [5.41, 5.74) is 8.38. The van der Waals surface area contributed by atoms with Gasteiger partial charge in [0.2, 0.25) is 0 Å². The van der Waals surface area contributed by atoms with Gasteiger partial charge in [-0.25, -0.2) is 0 Å². The van der Waals surface area contributed by atoms with Crippen LogP contribution in [0.1, 0.15) is 32.8 Å². The molecule has 1 heterocycles. The Bertz CT molecular complexity index is 569. The summed E-state index contributed by atoms with van der Waals surface area (Å²) in [6.07, 6.45) is 4.08. The van der Waals surface area contributed by atoms with Gasteiger partial charge in [-0.15, -0.1) is 0 Å². The molecule has 2 aromatic rings. The van der Waals surface area contributed by atoms with Gasteiger partial charge < -0.3 is 15.0 Å². The van der Waals surface area contributed by atoms with Crippen LogP contribution in [0, 0.1) is 0 Å². The highest BCUT2D eigenvalue weighted by atomic mass is 16.5. The van der Waals surface area contributed by atoms with Gasteiger partial charge >= 0.3 is 0 Å². The van der Waals surface area contributed by atoms with Gasteiger partial charge in [-0.1, -0.05) is 6.07 Å². The minimum absolute atomic E-state index is 0.0779. The molecule has 0 radical (unpaired) electrons. The Kier molecular flexibility index (Phi) is 4.51. The molecular formula is C17H26N2O. The normalized spacial score (nSPS) is 13.8. The summed E-state index contributed by atoms with van der Waals surface area (Å²) in [5.74, 6) is 0. The SMILES string of the molecule is COC(C)(C)CCn1ccc2cc(CC(C)N)ccc21. The predicted molar refractivity (Wildman–Crippen MR) is 85.0 cm³/mol. The number of rotatable bonds is 6. The lowest BCUT2D eigenvalue weighted by Gasteiger charge is -2.23. The zero-order valence-corrected chi connectivity index (χ0v) is 13.0. The van der Waals surface area contributed by atoms with Crippen molar-refractivity contribution in [1.82, 2.24) is 4.57 Å². The summed E-state index contributed by atoms with van der Waals surface area (Å²) in [4.78, 5) is 0. The van der Waals surface area contributed by atoms with Crippen LogP contribution in [0.25, 0.3) is 10.9 Å². The van der Waals surface area contributed by atoms with Gasteiger partial charge in [-0.3, -0.25) is 0 Å². The number of hydrogen-bond acceptors (Lipinski definition) is 2. The van der Waals surface area contributed by atoms with Crippen molar-refractivity contribution in [1.29, 1.82) is 0 Å². The number of nitrogens with zero attached hydrogens (tertiary/aromatic N) is 1. The summed E-state index contributed by atoms with van der Waals surface area (Å²) in [5, 5.41) is 1.29. The van der Waals surface area contributed by atoms with E-state index < -0.39 is 0 Å². The molecule has 20 heavy (non-hydrogen) atoms. The topological polar surface area (TPSA) is 40.2 Å². The van der Waals surface area contributed by atoms with E-state index in [0.717, 1.165) is 19.4 Å². The van der Waals surface area contributed by atoms with Crippen molar-refractivity contribution in [3.05, 3.63) is 36.0 Å². The second-order valence-electron chi connectivity index (χ2n) is 6.30. The van der Waals surface area contributed by atoms with Crippen LogP contribution in [0.4, 0.5) is 0 Å². The van der Waals surface area contributed by atoms with Crippen LogP contribution < -0.4 is 5.73 Å². The van der Waals surface area contributed by atoms with Crippen LogP contribution in [0.15, 0.2) is 30.5 Å². The standard InChI is InChI=1S/C17H26N2O/c1-13(18)11-14-5-6-16-15(12-14)7-9-19(16)10-8-17(2,3)20-4/h5-7,9,12-13H,8,10-11,18H2,1-4H3. The lowest BCUT2D eigenvalue weighted by molar-refractivity contribution is 0.0123. The highest BCUT2D eigenvalue weighted by molar-refractivity contribution is 5.80. The van der Waals surface area contributed by atoms with Gasteiger partial charge in [0.25, 0.3) is 0 Å². The molecule has 0 saturated heterocycles. The largest absolute Gasteiger partial charge is 0.379 e. The molecule has 1 atom stereocenters. The molecule has 0 aliphatic carbocycles. The molecule has 0 fully saturated rings. The van der Waals surface area contributed by atoms with E-state index in [2.05, 4.69) is 48.9 Å². The fourth-order valence-corrected chi connectivity index (χ4v) is 2.44. The maximum atomic E-state index is 5.87. The second kappa shape index (κ2) is 5.98. The maximum Gasteiger partial charge on any atom is 0.0639 e. The second-order valence-corrected chi connectivity index (χ2v) is 6.30. The molecule has 3 heteroatoms. The van der Waals surface area contributed by atoms with Crippen molar-refractivity contribution in [3.8, 4) is 0 Å². The molecule has 0 spiro atoms. The van der Waals surface area contributed by atoms with Crippen molar-refractivity contribution >= 4 is 10.9 Å². The number of aromatic nitrogens is 1. The lowest BCUT2D eigenvalue weighted by atomic mass is 10.0. The zero-order valence-electron chi connectivity index (χ0n) is 13.0. The van der Waals surface area contributed by atoms with E-state index in [0.29, 0.717) is 0 Å². The van der Waals surface area contributed by atoms with E-state index in [9.17, 15) is 0 Å². The van der Waals surface area contributed by atoms with E-state index in [1.54, 1.807) is 7.11 Å². The van der Waals surface area contributed by atoms with Gasteiger partial charge in [-0.2, -0.15) is 0 Å². The van der Waals surface area contributed by atoms with E-state index in [4.69, 9.17) is 10.5 Å². The van der Waals surface area contributed by atoms with Crippen LogP contribution in [-0.2, 0) is 17.7 Å².